The lowest BCUT2D eigenvalue weighted by molar-refractivity contribution is -0.154. The van der Waals surface area contributed by atoms with Crippen molar-refractivity contribution in [2.24, 2.45) is 0 Å². The van der Waals surface area contributed by atoms with Crippen LogP contribution in [0.4, 0.5) is 26.3 Å². The summed E-state index contributed by atoms with van der Waals surface area (Å²) in [5.74, 6) is -0.831. The Bertz CT molecular complexity index is 402. The number of pyridine rings is 1. The van der Waals surface area contributed by atoms with E-state index in [-0.39, 0.29) is 0 Å². The zero-order valence-electron chi connectivity index (χ0n) is 7.86. The van der Waals surface area contributed by atoms with Crippen molar-refractivity contribution in [3.63, 3.8) is 0 Å². The number of hydrogen-bond acceptors (Lipinski definition) is 2. The molecule has 0 radical (unpaired) electrons. The van der Waals surface area contributed by atoms with Crippen molar-refractivity contribution >= 4 is 11.6 Å². The van der Waals surface area contributed by atoms with E-state index in [4.69, 9.17) is 11.6 Å². The maximum atomic E-state index is 12.3. The summed E-state index contributed by atoms with van der Waals surface area (Å²) >= 11 is 5.23. The summed E-state index contributed by atoms with van der Waals surface area (Å²) in [5, 5.41) is -0.600. The highest BCUT2D eigenvalue weighted by Crippen LogP contribution is 2.32. The number of ether oxygens (including phenoxy) is 1. The zero-order valence-corrected chi connectivity index (χ0v) is 8.62. The number of halogens is 7. The van der Waals surface area contributed by atoms with Crippen LogP contribution in [0.25, 0.3) is 0 Å². The van der Waals surface area contributed by atoms with Crippen molar-refractivity contribution in [2.75, 3.05) is 6.61 Å². The van der Waals surface area contributed by atoms with Gasteiger partial charge in [-0.15, -0.1) is 0 Å². The van der Waals surface area contributed by atoms with E-state index in [1.54, 1.807) is 0 Å². The molecule has 0 saturated carbocycles. The molecule has 0 atom stereocenters. The van der Waals surface area contributed by atoms with Crippen LogP contribution in [0.3, 0.4) is 0 Å². The minimum absolute atomic E-state index is 0.345. The summed E-state index contributed by atoms with van der Waals surface area (Å²) in [5.41, 5.74) is -1.23. The Kier molecular flexibility index (Phi) is 3.75. The Balaban J connectivity index is 2.91. The van der Waals surface area contributed by atoms with Crippen molar-refractivity contribution in [3.8, 4) is 5.88 Å². The molecule has 0 saturated heterocycles. The average molecular weight is 280 g/mol. The Morgan fingerprint density at radius 2 is 1.71 bits per heavy atom. The molecule has 0 aliphatic carbocycles. The summed E-state index contributed by atoms with van der Waals surface area (Å²) in [7, 11) is 0. The molecule has 0 aromatic carbocycles. The first-order valence-corrected chi connectivity index (χ1v) is 4.40. The van der Waals surface area contributed by atoms with Gasteiger partial charge in [-0.05, 0) is 6.07 Å². The quantitative estimate of drug-likeness (QED) is 0.608. The van der Waals surface area contributed by atoms with Crippen LogP contribution in [0.1, 0.15) is 5.56 Å². The van der Waals surface area contributed by atoms with Crippen molar-refractivity contribution in [2.45, 2.75) is 12.4 Å². The normalized spacial score (nSPS) is 12.6. The van der Waals surface area contributed by atoms with Crippen LogP contribution in [-0.2, 0) is 6.18 Å². The molecule has 9 heteroatoms. The van der Waals surface area contributed by atoms with E-state index in [1.807, 2.05) is 0 Å². The van der Waals surface area contributed by atoms with Gasteiger partial charge >= 0.3 is 12.4 Å². The first kappa shape index (κ1) is 13.9. The molecule has 0 aliphatic heterocycles. The molecule has 1 aromatic heterocycles. The average Bonchev–Trinajstić information content (AvgIpc) is 2.11. The second-order valence-corrected chi connectivity index (χ2v) is 3.31. The standard InChI is InChI=1S/C8H4ClF6NO/c9-5-1-4(8(13,14)15)2-6(16-5)17-3-7(10,11)12/h1-2H,3H2. The molecule has 0 fully saturated rings. The van der Waals surface area contributed by atoms with Crippen molar-refractivity contribution in [1.82, 2.24) is 4.98 Å². The van der Waals surface area contributed by atoms with E-state index in [2.05, 4.69) is 9.72 Å². The molecule has 0 spiro atoms. The molecule has 96 valence electrons. The van der Waals surface area contributed by atoms with Gasteiger partial charge in [0.05, 0.1) is 5.56 Å². The lowest BCUT2D eigenvalue weighted by Gasteiger charge is -2.11. The van der Waals surface area contributed by atoms with Gasteiger partial charge in [0.15, 0.2) is 6.61 Å². The number of rotatable bonds is 2. The first-order valence-electron chi connectivity index (χ1n) is 4.02. The van der Waals surface area contributed by atoms with Crippen LogP contribution in [-0.4, -0.2) is 17.8 Å². The highest BCUT2D eigenvalue weighted by Gasteiger charge is 2.33. The van der Waals surface area contributed by atoms with Gasteiger partial charge in [-0.1, -0.05) is 11.6 Å². The Hall–Kier alpha value is -1.18. The van der Waals surface area contributed by atoms with Crippen LogP contribution >= 0.6 is 11.6 Å². The lowest BCUT2D eigenvalue weighted by Crippen LogP contribution is -2.20. The molecule has 0 N–H and O–H groups in total. The van der Waals surface area contributed by atoms with Crippen LogP contribution in [0.5, 0.6) is 5.88 Å². The largest absolute Gasteiger partial charge is 0.468 e. The number of nitrogens with zero attached hydrogens (tertiary/aromatic N) is 1. The fourth-order valence-corrected chi connectivity index (χ4v) is 1.07. The van der Waals surface area contributed by atoms with E-state index >= 15 is 0 Å². The van der Waals surface area contributed by atoms with Crippen LogP contribution < -0.4 is 4.74 Å². The maximum absolute atomic E-state index is 12.3. The molecular weight excluding hydrogens is 276 g/mol. The van der Waals surface area contributed by atoms with Gasteiger partial charge in [-0.3, -0.25) is 0 Å². The summed E-state index contributed by atoms with van der Waals surface area (Å²) < 4.78 is 76.1. The third-order valence-electron chi connectivity index (χ3n) is 1.48. The lowest BCUT2D eigenvalue weighted by atomic mass is 10.2. The monoisotopic (exact) mass is 279 g/mol. The summed E-state index contributed by atoms with van der Waals surface area (Å²) in [6.07, 6.45) is -9.40. The highest BCUT2D eigenvalue weighted by molar-refractivity contribution is 6.29. The minimum Gasteiger partial charge on any atom is -0.468 e. The number of alkyl halides is 6. The second-order valence-electron chi connectivity index (χ2n) is 2.92. The highest BCUT2D eigenvalue weighted by atomic mass is 35.5. The molecule has 1 heterocycles. The number of hydrogen-bond donors (Lipinski definition) is 0. The van der Waals surface area contributed by atoms with E-state index in [9.17, 15) is 26.3 Å². The summed E-state index contributed by atoms with van der Waals surface area (Å²) in [6, 6.07) is 0.833. The minimum atomic E-state index is -4.73. The van der Waals surface area contributed by atoms with Crippen LogP contribution in [0, 0.1) is 0 Å². The fourth-order valence-electron chi connectivity index (χ4n) is 0.866. The smallest absolute Gasteiger partial charge is 0.422 e. The second kappa shape index (κ2) is 4.59. The predicted octanol–water partition coefficient (Wildman–Crippen LogP) is 3.69. The van der Waals surface area contributed by atoms with Gasteiger partial charge in [-0.2, -0.15) is 26.3 Å². The molecule has 17 heavy (non-hydrogen) atoms. The molecule has 0 aliphatic rings. The zero-order chi connectivity index (χ0) is 13.3. The molecular formula is C8H4ClF6NO. The molecule has 1 rings (SSSR count). The Morgan fingerprint density at radius 1 is 1.12 bits per heavy atom. The molecule has 0 amide bonds. The Morgan fingerprint density at radius 3 is 2.18 bits per heavy atom. The van der Waals surface area contributed by atoms with Crippen molar-refractivity contribution < 1.29 is 31.1 Å². The summed E-state index contributed by atoms with van der Waals surface area (Å²) in [6.45, 7) is -1.74. The van der Waals surface area contributed by atoms with Gasteiger partial charge in [-0.25, -0.2) is 4.98 Å². The van der Waals surface area contributed by atoms with Gasteiger partial charge in [0, 0.05) is 6.07 Å². The first-order chi connectivity index (χ1) is 7.58. The Labute approximate surface area is 96.2 Å². The fraction of sp³-hybridized carbons (Fsp3) is 0.375. The predicted molar refractivity (Wildman–Crippen MR) is 45.8 cm³/mol. The summed E-state index contributed by atoms with van der Waals surface area (Å²) in [4.78, 5) is 3.19. The SMILES string of the molecule is FC(F)(F)COc1cc(C(F)(F)F)cc(Cl)n1. The van der Waals surface area contributed by atoms with Crippen molar-refractivity contribution in [3.05, 3.63) is 22.8 Å². The third-order valence-corrected chi connectivity index (χ3v) is 1.68. The molecule has 1 aromatic rings. The van der Waals surface area contributed by atoms with Gasteiger partial charge in [0.1, 0.15) is 5.15 Å². The van der Waals surface area contributed by atoms with E-state index in [0.29, 0.717) is 12.1 Å². The van der Waals surface area contributed by atoms with E-state index < -0.39 is 35.6 Å². The number of aromatic nitrogens is 1. The van der Waals surface area contributed by atoms with Crippen LogP contribution in [0.15, 0.2) is 12.1 Å². The molecule has 2 nitrogen and oxygen atoms in total. The van der Waals surface area contributed by atoms with Gasteiger partial charge < -0.3 is 4.74 Å². The van der Waals surface area contributed by atoms with E-state index in [1.165, 1.54) is 0 Å². The van der Waals surface area contributed by atoms with Gasteiger partial charge in [0.2, 0.25) is 5.88 Å². The van der Waals surface area contributed by atoms with Gasteiger partial charge in [0.25, 0.3) is 0 Å². The maximum Gasteiger partial charge on any atom is 0.422 e. The third kappa shape index (κ3) is 4.68. The van der Waals surface area contributed by atoms with Crippen molar-refractivity contribution in [1.29, 1.82) is 0 Å². The molecule has 0 bridgehead atoms. The van der Waals surface area contributed by atoms with Crippen LogP contribution in [0.2, 0.25) is 5.15 Å². The topological polar surface area (TPSA) is 22.1 Å². The molecule has 0 unspecified atom stereocenters. The van der Waals surface area contributed by atoms with E-state index in [0.717, 1.165) is 0 Å².